The van der Waals surface area contributed by atoms with Crippen LogP contribution in [0.1, 0.15) is 13.3 Å². The summed E-state index contributed by atoms with van der Waals surface area (Å²) in [6.07, 6.45) is 8.07. The van der Waals surface area contributed by atoms with E-state index < -0.39 is 0 Å². The van der Waals surface area contributed by atoms with E-state index in [1.807, 2.05) is 25.2 Å². The van der Waals surface area contributed by atoms with Gasteiger partial charge in [0.2, 0.25) is 5.91 Å². The first-order valence-electron chi connectivity index (χ1n) is 4.70. The average Bonchev–Trinajstić information content (AvgIpc) is 2.43. The summed E-state index contributed by atoms with van der Waals surface area (Å²) in [7, 11) is 1.63. The van der Waals surface area contributed by atoms with Gasteiger partial charge in [0.25, 0.3) is 0 Å². The first kappa shape index (κ1) is 10.6. The number of likely N-dealkylation sites (N-methyl/N-ethyl adjacent to an activating group) is 1. The Bertz CT molecular complexity index is 300. The van der Waals surface area contributed by atoms with Crippen molar-refractivity contribution in [3.05, 3.63) is 35.6 Å². The monoisotopic (exact) mass is 193 g/mol. The second-order valence-electron chi connectivity index (χ2n) is 2.88. The Morgan fingerprint density at radius 2 is 2.36 bits per heavy atom. The van der Waals surface area contributed by atoms with Crippen LogP contribution in [0.2, 0.25) is 0 Å². The summed E-state index contributed by atoms with van der Waals surface area (Å²) < 4.78 is 5.32. The molecule has 0 aromatic carbocycles. The molecule has 1 aliphatic rings. The fourth-order valence-electron chi connectivity index (χ4n) is 1.20. The Hall–Kier alpha value is -1.51. The molecule has 3 heteroatoms. The quantitative estimate of drug-likeness (QED) is 0.738. The first-order valence-corrected chi connectivity index (χ1v) is 4.70. The van der Waals surface area contributed by atoms with E-state index in [4.69, 9.17) is 4.74 Å². The third kappa shape index (κ3) is 2.76. The highest BCUT2D eigenvalue weighted by Crippen LogP contribution is 2.12. The van der Waals surface area contributed by atoms with Gasteiger partial charge in [0, 0.05) is 12.6 Å². The van der Waals surface area contributed by atoms with Crippen LogP contribution in [0, 0.1) is 0 Å². The standard InChI is InChI=1S/C11H15NO2/c1-3-14-10-6-4-5-9(7-8-10)11(13)12-2/h4,6-8H,3,5H2,1-2H3,(H,12,13). The molecule has 0 saturated carbocycles. The highest BCUT2D eigenvalue weighted by atomic mass is 16.5. The van der Waals surface area contributed by atoms with Crippen LogP contribution in [0.4, 0.5) is 0 Å². The maximum Gasteiger partial charge on any atom is 0.247 e. The fraction of sp³-hybridized carbons (Fsp3) is 0.364. The Kier molecular flexibility index (Phi) is 3.98. The SMILES string of the molecule is CCOC1=CC=C(C(=O)NC)CC=C1. The number of amides is 1. The van der Waals surface area contributed by atoms with Gasteiger partial charge in [-0.3, -0.25) is 4.79 Å². The summed E-state index contributed by atoms with van der Waals surface area (Å²) in [6, 6.07) is 0. The molecule has 0 spiro atoms. The van der Waals surface area contributed by atoms with Crippen LogP contribution in [0.15, 0.2) is 35.6 Å². The second kappa shape index (κ2) is 5.27. The van der Waals surface area contributed by atoms with Crippen molar-refractivity contribution in [1.29, 1.82) is 0 Å². The highest BCUT2D eigenvalue weighted by Gasteiger charge is 2.06. The van der Waals surface area contributed by atoms with Crippen LogP contribution in [-0.2, 0) is 9.53 Å². The average molecular weight is 193 g/mol. The van der Waals surface area contributed by atoms with Gasteiger partial charge >= 0.3 is 0 Å². The second-order valence-corrected chi connectivity index (χ2v) is 2.88. The number of ether oxygens (including phenoxy) is 1. The van der Waals surface area contributed by atoms with E-state index >= 15 is 0 Å². The Balaban J connectivity index is 2.75. The van der Waals surface area contributed by atoms with Gasteiger partial charge in [0.05, 0.1) is 6.61 Å². The molecule has 0 fully saturated rings. The predicted octanol–water partition coefficient (Wildman–Crippen LogP) is 1.54. The van der Waals surface area contributed by atoms with Gasteiger partial charge < -0.3 is 10.1 Å². The molecule has 14 heavy (non-hydrogen) atoms. The fourth-order valence-corrected chi connectivity index (χ4v) is 1.20. The van der Waals surface area contributed by atoms with E-state index in [9.17, 15) is 4.79 Å². The summed E-state index contributed by atoms with van der Waals surface area (Å²) in [5.74, 6) is 0.759. The zero-order valence-electron chi connectivity index (χ0n) is 8.54. The zero-order valence-corrected chi connectivity index (χ0v) is 8.54. The maximum absolute atomic E-state index is 11.3. The molecule has 0 saturated heterocycles. The highest BCUT2D eigenvalue weighted by molar-refractivity contribution is 5.93. The zero-order chi connectivity index (χ0) is 10.4. The van der Waals surface area contributed by atoms with E-state index in [1.54, 1.807) is 13.1 Å². The van der Waals surface area contributed by atoms with Crippen molar-refractivity contribution in [2.45, 2.75) is 13.3 Å². The van der Waals surface area contributed by atoms with Crippen LogP contribution in [-0.4, -0.2) is 19.6 Å². The molecule has 1 aliphatic carbocycles. The summed E-state index contributed by atoms with van der Waals surface area (Å²) in [5.41, 5.74) is 0.749. The minimum atomic E-state index is -0.0383. The van der Waals surface area contributed by atoms with Crippen molar-refractivity contribution in [3.63, 3.8) is 0 Å². The van der Waals surface area contributed by atoms with Crippen molar-refractivity contribution < 1.29 is 9.53 Å². The number of carbonyl (C=O) groups excluding carboxylic acids is 1. The molecule has 0 bridgehead atoms. The normalized spacial score (nSPS) is 15.3. The van der Waals surface area contributed by atoms with Crippen LogP contribution < -0.4 is 5.32 Å². The molecule has 1 N–H and O–H groups in total. The summed E-state index contributed by atoms with van der Waals surface area (Å²) in [5, 5.41) is 2.60. The van der Waals surface area contributed by atoms with Gasteiger partial charge in [-0.1, -0.05) is 6.08 Å². The molecule has 76 valence electrons. The molecule has 0 radical (unpaired) electrons. The van der Waals surface area contributed by atoms with E-state index in [2.05, 4.69) is 5.32 Å². The van der Waals surface area contributed by atoms with Crippen LogP contribution in [0.5, 0.6) is 0 Å². The Labute approximate surface area is 84.1 Å². The van der Waals surface area contributed by atoms with Gasteiger partial charge in [-0.15, -0.1) is 0 Å². The molecule has 0 aliphatic heterocycles. The summed E-state index contributed by atoms with van der Waals surface area (Å²) in [4.78, 5) is 11.3. The lowest BCUT2D eigenvalue weighted by molar-refractivity contribution is -0.117. The Morgan fingerprint density at radius 3 is 3.00 bits per heavy atom. The Morgan fingerprint density at radius 1 is 1.57 bits per heavy atom. The first-order chi connectivity index (χ1) is 6.77. The number of hydrogen-bond donors (Lipinski definition) is 1. The van der Waals surface area contributed by atoms with Crippen LogP contribution >= 0.6 is 0 Å². The number of hydrogen-bond acceptors (Lipinski definition) is 2. The summed E-state index contributed by atoms with van der Waals surface area (Å²) in [6.45, 7) is 2.57. The van der Waals surface area contributed by atoms with Crippen LogP contribution in [0.3, 0.4) is 0 Å². The van der Waals surface area contributed by atoms with Crippen molar-refractivity contribution in [2.24, 2.45) is 0 Å². The third-order valence-electron chi connectivity index (χ3n) is 1.90. The molecule has 0 unspecified atom stereocenters. The molecule has 1 amide bonds. The topological polar surface area (TPSA) is 38.3 Å². The molecule has 0 aromatic rings. The van der Waals surface area contributed by atoms with Gasteiger partial charge in [-0.25, -0.2) is 0 Å². The minimum absolute atomic E-state index is 0.0383. The third-order valence-corrected chi connectivity index (χ3v) is 1.90. The van der Waals surface area contributed by atoms with Crippen molar-refractivity contribution in [3.8, 4) is 0 Å². The maximum atomic E-state index is 11.3. The van der Waals surface area contributed by atoms with Gasteiger partial charge in [0.15, 0.2) is 0 Å². The number of nitrogens with one attached hydrogen (secondary N) is 1. The summed E-state index contributed by atoms with van der Waals surface area (Å²) >= 11 is 0. The van der Waals surface area contributed by atoms with Gasteiger partial charge in [-0.2, -0.15) is 0 Å². The molecule has 0 heterocycles. The van der Waals surface area contributed by atoms with Crippen LogP contribution in [0.25, 0.3) is 0 Å². The minimum Gasteiger partial charge on any atom is -0.494 e. The number of rotatable bonds is 3. The van der Waals surface area contributed by atoms with Crippen molar-refractivity contribution in [2.75, 3.05) is 13.7 Å². The van der Waals surface area contributed by atoms with Crippen molar-refractivity contribution >= 4 is 5.91 Å². The largest absolute Gasteiger partial charge is 0.494 e. The van der Waals surface area contributed by atoms with Gasteiger partial charge in [0.1, 0.15) is 5.76 Å². The number of carbonyl (C=O) groups is 1. The molecule has 0 atom stereocenters. The predicted molar refractivity (Wildman–Crippen MR) is 55.6 cm³/mol. The smallest absolute Gasteiger partial charge is 0.247 e. The van der Waals surface area contributed by atoms with E-state index in [-0.39, 0.29) is 5.91 Å². The molecular weight excluding hydrogens is 178 g/mol. The lowest BCUT2D eigenvalue weighted by atomic mass is 10.1. The van der Waals surface area contributed by atoms with E-state index in [1.165, 1.54) is 0 Å². The van der Waals surface area contributed by atoms with Gasteiger partial charge in [-0.05, 0) is 31.6 Å². The molecule has 0 aromatic heterocycles. The van der Waals surface area contributed by atoms with Crippen molar-refractivity contribution in [1.82, 2.24) is 5.32 Å². The molecular formula is C11H15NO2. The molecule has 1 rings (SSSR count). The lowest BCUT2D eigenvalue weighted by Crippen LogP contribution is -2.19. The van der Waals surface area contributed by atoms with E-state index in [0.29, 0.717) is 13.0 Å². The van der Waals surface area contributed by atoms with E-state index in [0.717, 1.165) is 11.3 Å². The molecule has 3 nitrogen and oxygen atoms in total. The lowest BCUT2D eigenvalue weighted by Gasteiger charge is -2.00. The number of allylic oxidation sites excluding steroid dienone is 4.